The lowest BCUT2D eigenvalue weighted by Gasteiger charge is -2.14. The lowest BCUT2D eigenvalue weighted by molar-refractivity contribution is 0.0963. The van der Waals surface area contributed by atoms with Crippen molar-refractivity contribution in [3.05, 3.63) is 76.1 Å². The molecule has 0 spiro atoms. The lowest BCUT2D eigenvalue weighted by Crippen LogP contribution is -2.17. The first-order valence-electron chi connectivity index (χ1n) is 10.4. The van der Waals surface area contributed by atoms with Crippen molar-refractivity contribution in [3.8, 4) is 11.1 Å². The molecule has 0 aliphatic carbocycles. The number of hydrogen-bond donors (Lipinski definition) is 4. The fourth-order valence-corrected chi connectivity index (χ4v) is 3.58. The summed E-state index contributed by atoms with van der Waals surface area (Å²) in [6, 6.07) is 13.6. The smallest absolute Gasteiger partial charge is 0.251 e. The summed E-state index contributed by atoms with van der Waals surface area (Å²) in [5.74, 6) is 1.40. The Morgan fingerprint density at radius 2 is 1.76 bits per heavy atom. The third-order valence-electron chi connectivity index (χ3n) is 5.20. The quantitative estimate of drug-likeness (QED) is 0.310. The van der Waals surface area contributed by atoms with Gasteiger partial charge in [0.25, 0.3) is 5.91 Å². The molecule has 4 aromatic rings. The first kappa shape index (κ1) is 22.3. The van der Waals surface area contributed by atoms with Crippen LogP contribution in [-0.2, 0) is 0 Å². The molecule has 0 saturated heterocycles. The summed E-state index contributed by atoms with van der Waals surface area (Å²) >= 11 is 6.26. The van der Waals surface area contributed by atoms with Crippen molar-refractivity contribution in [1.82, 2.24) is 25.5 Å². The van der Waals surface area contributed by atoms with E-state index >= 15 is 0 Å². The van der Waals surface area contributed by atoms with Gasteiger partial charge >= 0.3 is 0 Å². The average Bonchev–Trinajstić information content (AvgIpc) is 3.22. The van der Waals surface area contributed by atoms with Crippen molar-refractivity contribution < 1.29 is 4.79 Å². The van der Waals surface area contributed by atoms with Gasteiger partial charge in [-0.1, -0.05) is 23.7 Å². The number of benzene rings is 2. The number of aromatic nitrogens is 4. The number of aromatic amines is 1. The van der Waals surface area contributed by atoms with E-state index in [0.29, 0.717) is 28.2 Å². The predicted octanol–water partition coefficient (Wildman–Crippen LogP) is 5.29. The monoisotopic (exact) mass is 461 g/mol. The van der Waals surface area contributed by atoms with Crippen LogP contribution in [-0.4, -0.2) is 33.1 Å². The summed E-state index contributed by atoms with van der Waals surface area (Å²) < 4.78 is 0. The number of rotatable bonds is 6. The van der Waals surface area contributed by atoms with E-state index in [1.165, 1.54) is 0 Å². The van der Waals surface area contributed by atoms with Gasteiger partial charge in [0.1, 0.15) is 5.02 Å². The topological polar surface area (TPSA) is 108 Å². The molecule has 2 heterocycles. The number of nitrogens with zero attached hydrogens (tertiary/aromatic N) is 3. The highest BCUT2D eigenvalue weighted by Crippen LogP contribution is 2.31. The average molecular weight is 462 g/mol. The number of amides is 1. The molecule has 0 bridgehead atoms. The van der Waals surface area contributed by atoms with E-state index < -0.39 is 0 Å². The van der Waals surface area contributed by atoms with Crippen LogP contribution in [0.5, 0.6) is 0 Å². The van der Waals surface area contributed by atoms with E-state index in [2.05, 4.69) is 48.2 Å². The van der Waals surface area contributed by atoms with Crippen LogP contribution in [0.15, 0.2) is 48.7 Å². The van der Waals surface area contributed by atoms with Gasteiger partial charge in [0.05, 0.1) is 6.20 Å². The maximum Gasteiger partial charge on any atom is 0.251 e. The van der Waals surface area contributed by atoms with Crippen LogP contribution in [0.4, 0.5) is 23.3 Å². The molecule has 9 heteroatoms. The van der Waals surface area contributed by atoms with E-state index in [0.717, 1.165) is 33.6 Å². The second kappa shape index (κ2) is 9.30. The van der Waals surface area contributed by atoms with Crippen LogP contribution in [0.3, 0.4) is 0 Å². The molecule has 0 aliphatic heterocycles. The molecular weight excluding hydrogens is 438 g/mol. The summed E-state index contributed by atoms with van der Waals surface area (Å²) in [6.07, 6.45) is 1.54. The number of anilines is 4. The fraction of sp³-hybridized carbons (Fsp3) is 0.167. The summed E-state index contributed by atoms with van der Waals surface area (Å²) in [5.41, 5.74) is 6.69. The molecule has 2 aromatic carbocycles. The Morgan fingerprint density at radius 1 is 1.00 bits per heavy atom. The van der Waals surface area contributed by atoms with Gasteiger partial charge in [0.15, 0.2) is 11.6 Å². The number of carbonyl (C=O) groups excluding carboxylic acids is 1. The normalized spacial score (nSPS) is 10.7. The molecule has 33 heavy (non-hydrogen) atoms. The molecule has 8 nitrogen and oxygen atoms in total. The van der Waals surface area contributed by atoms with Crippen LogP contribution >= 0.6 is 11.6 Å². The molecule has 2 aromatic heterocycles. The highest BCUT2D eigenvalue weighted by Gasteiger charge is 2.12. The molecule has 0 radical (unpaired) electrons. The van der Waals surface area contributed by atoms with Gasteiger partial charge in [-0.3, -0.25) is 9.89 Å². The van der Waals surface area contributed by atoms with Gasteiger partial charge in [0.2, 0.25) is 5.95 Å². The Labute approximate surface area is 196 Å². The Balaban J connectivity index is 1.57. The standard InChI is InChI=1S/C24H24ClN7O/c1-13-10-20(14(2)9-18(13)16-5-7-17(8-6-16)23(33)26-4)28-24-27-12-19(25)22(30-24)29-21-11-15(3)31-32-21/h5-12H,1-4H3,(H,26,33)(H3,27,28,29,30,31,32). The molecule has 4 rings (SSSR count). The largest absolute Gasteiger partial charge is 0.355 e. The second-order valence-corrected chi connectivity index (χ2v) is 8.12. The molecule has 0 unspecified atom stereocenters. The Bertz CT molecular complexity index is 1320. The molecule has 1 amide bonds. The third kappa shape index (κ3) is 4.96. The second-order valence-electron chi connectivity index (χ2n) is 7.71. The maximum atomic E-state index is 11.8. The Hall–Kier alpha value is -3.91. The minimum absolute atomic E-state index is 0.103. The van der Waals surface area contributed by atoms with Crippen LogP contribution in [0.1, 0.15) is 27.2 Å². The lowest BCUT2D eigenvalue weighted by atomic mass is 9.96. The number of nitrogens with one attached hydrogen (secondary N) is 4. The summed E-state index contributed by atoms with van der Waals surface area (Å²) in [4.78, 5) is 20.6. The Morgan fingerprint density at radius 3 is 2.42 bits per heavy atom. The molecular formula is C24H24ClN7O. The van der Waals surface area contributed by atoms with Crippen molar-refractivity contribution in [2.24, 2.45) is 0 Å². The van der Waals surface area contributed by atoms with Crippen molar-refractivity contribution in [1.29, 1.82) is 0 Å². The first-order chi connectivity index (χ1) is 15.8. The van der Waals surface area contributed by atoms with E-state index in [9.17, 15) is 4.79 Å². The zero-order valence-corrected chi connectivity index (χ0v) is 19.5. The van der Waals surface area contributed by atoms with Crippen LogP contribution in [0.2, 0.25) is 5.02 Å². The molecule has 0 atom stereocenters. The number of carbonyl (C=O) groups is 1. The highest BCUT2D eigenvalue weighted by atomic mass is 35.5. The zero-order valence-electron chi connectivity index (χ0n) is 18.7. The first-order valence-corrected chi connectivity index (χ1v) is 10.7. The SMILES string of the molecule is CNC(=O)c1ccc(-c2cc(C)c(Nc3ncc(Cl)c(Nc4cc(C)[nH]n4)n3)cc2C)cc1. The predicted molar refractivity (Wildman–Crippen MR) is 132 cm³/mol. The van der Waals surface area contributed by atoms with Crippen molar-refractivity contribution in [2.45, 2.75) is 20.8 Å². The van der Waals surface area contributed by atoms with Crippen molar-refractivity contribution in [2.75, 3.05) is 17.7 Å². The minimum Gasteiger partial charge on any atom is -0.355 e. The number of aryl methyl sites for hydroxylation is 3. The molecule has 0 fully saturated rings. The fourth-order valence-electron chi connectivity index (χ4n) is 3.45. The molecule has 168 valence electrons. The van der Waals surface area contributed by atoms with Crippen molar-refractivity contribution in [3.63, 3.8) is 0 Å². The van der Waals surface area contributed by atoms with Gasteiger partial charge in [-0.25, -0.2) is 4.98 Å². The van der Waals surface area contributed by atoms with E-state index in [4.69, 9.17) is 11.6 Å². The number of halogens is 1. The van der Waals surface area contributed by atoms with E-state index in [1.54, 1.807) is 13.2 Å². The van der Waals surface area contributed by atoms with Gasteiger partial charge in [-0.05, 0) is 67.3 Å². The zero-order chi connectivity index (χ0) is 23.5. The third-order valence-corrected chi connectivity index (χ3v) is 5.48. The van der Waals surface area contributed by atoms with Gasteiger partial charge < -0.3 is 16.0 Å². The van der Waals surface area contributed by atoms with Crippen LogP contribution in [0, 0.1) is 20.8 Å². The number of H-pyrrole nitrogens is 1. The molecule has 0 aliphatic rings. The number of hydrogen-bond acceptors (Lipinski definition) is 6. The maximum absolute atomic E-state index is 11.8. The minimum atomic E-state index is -0.103. The summed E-state index contributed by atoms with van der Waals surface area (Å²) in [5, 5.41) is 16.4. The van der Waals surface area contributed by atoms with Gasteiger partial charge in [0, 0.05) is 30.1 Å². The van der Waals surface area contributed by atoms with E-state index in [1.807, 2.05) is 51.1 Å². The van der Waals surface area contributed by atoms with Gasteiger partial charge in [-0.15, -0.1) is 0 Å². The highest BCUT2D eigenvalue weighted by molar-refractivity contribution is 6.32. The summed E-state index contributed by atoms with van der Waals surface area (Å²) in [7, 11) is 1.62. The van der Waals surface area contributed by atoms with E-state index in [-0.39, 0.29) is 5.91 Å². The Kier molecular flexibility index (Phi) is 6.28. The van der Waals surface area contributed by atoms with Crippen molar-refractivity contribution >= 4 is 40.8 Å². The van der Waals surface area contributed by atoms with Crippen LogP contribution < -0.4 is 16.0 Å². The summed E-state index contributed by atoms with van der Waals surface area (Å²) in [6.45, 7) is 5.98. The molecule has 0 saturated carbocycles. The van der Waals surface area contributed by atoms with Crippen LogP contribution in [0.25, 0.3) is 11.1 Å². The molecule has 4 N–H and O–H groups in total. The van der Waals surface area contributed by atoms with Gasteiger partial charge in [-0.2, -0.15) is 10.1 Å².